The fourth-order valence-electron chi connectivity index (χ4n) is 13.4. The molecule has 21 nitrogen and oxygen atoms in total. The van der Waals surface area contributed by atoms with Gasteiger partial charge in [-0.3, -0.25) is 0 Å². The van der Waals surface area contributed by atoms with E-state index >= 15 is 0 Å². The van der Waals surface area contributed by atoms with Gasteiger partial charge in [0.05, 0.1) is 0 Å². The van der Waals surface area contributed by atoms with E-state index in [-0.39, 0.29) is 59.5 Å². The van der Waals surface area contributed by atoms with Gasteiger partial charge in [0.2, 0.25) is 0 Å². The minimum atomic E-state index is -3.64. The third-order valence-corrected chi connectivity index (χ3v) is 81.2. The van der Waals surface area contributed by atoms with Gasteiger partial charge < -0.3 is 95.3 Å². The summed E-state index contributed by atoms with van der Waals surface area (Å²) in [5.74, 6) is 0. The molecular weight excluding hydrogens is 1520 g/mol. The summed E-state index contributed by atoms with van der Waals surface area (Å²) in [5, 5.41) is 90.7. The van der Waals surface area contributed by atoms with Crippen molar-refractivity contribution >= 4 is 135 Å². The fourth-order valence-corrected chi connectivity index (χ4v) is 85.8. The molecule has 0 heterocycles. The molecule has 0 radical (unpaired) electrons. The van der Waals surface area contributed by atoms with Crippen molar-refractivity contribution in [2.45, 2.75) is 331 Å². The Morgan fingerprint density at radius 1 is 0.143 bits per heavy atom. The van der Waals surface area contributed by atoms with E-state index in [0.29, 0.717) is 95.2 Å². The second kappa shape index (κ2) is 45.1. The van der Waals surface area contributed by atoms with Crippen LogP contribution >= 0.6 is 0 Å². The molecular formula is C61H156O21Si16. The Kier molecular flexibility index (Phi) is 46.3. The molecule has 0 aromatic rings. The Balaban J connectivity index is 8.43. The molecule has 0 rings (SSSR count). The lowest BCUT2D eigenvalue weighted by atomic mass is 10.5. The SMILES string of the molecule is C[Si](C)(CCC[Si](O[Si](C)(C)CCCO)(O[Si](C)(C)CCCO)O[Si](C)(C)CCCO)O[Si](C)(O[Si](C)(C)CCC[Si](O[Si](C)(C)CCCO)(O[Si](C)(C)CCCO)O[Si](C)(C)CCCO)O[Si](C)(C)CCC[Si](O[Si](C)(C)CCCO)(O[Si](C)(C)CCCO)O[Si](C)(C)CCCO. The van der Waals surface area contributed by atoms with E-state index in [2.05, 4.69) is 164 Å². The predicted octanol–water partition coefficient (Wildman–Crippen LogP) is 14.6. The Morgan fingerprint density at radius 3 is 0.357 bits per heavy atom. The molecule has 0 saturated carbocycles. The number of aliphatic hydroxyl groups is 9. The highest BCUT2D eigenvalue weighted by atomic mass is 28.5. The van der Waals surface area contributed by atoms with Crippen LogP contribution < -0.4 is 0 Å². The molecule has 0 saturated heterocycles. The zero-order valence-corrected chi connectivity index (χ0v) is 83.4. The van der Waals surface area contributed by atoms with E-state index in [9.17, 15) is 46.0 Å². The van der Waals surface area contributed by atoms with E-state index in [0.717, 1.165) is 72.5 Å². The molecule has 0 fully saturated rings. The molecule has 0 atom stereocenters. The third kappa shape index (κ3) is 45.6. The highest BCUT2D eigenvalue weighted by Crippen LogP contribution is 2.41. The van der Waals surface area contributed by atoms with Crippen molar-refractivity contribution in [3.8, 4) is 0 Å². The molecule has 590 valence electrons. The van der Waals surface area contributed by atoms with Crippen LogP contribution in [0.5, 0.6) is 0 Å². The lowest BCUT2D eigenvalue weighted by Gasteiger charge is -2.46. The van der Waals surface area contributed by atoms with Crippen LogP contribution in [0.25, 0.3) is 0 Å². The Morgan fingerprint density at radius 2 is 0.245 bits per heavy atom. The van der Waals surface area contributed by atoms with Crippen LogP contribution in [0.4, 0.5) is 0 Å². The maximum Gasteiger partial charge on any atom is 0.469 e. The van der Waals surface area contributed by atoms with Gasteiger partial charge in [0.25, 0.3) is 0 Å². The number of hydrogen-bond acceptors (Lipinski definition) is 21. The van der Waals surface area contributed by atoms with Gasteiger partial charge in [-0.2, -0.15) is 0 Å². The number of hydrogen-bond donors (Lipinski definition) is 9. The van der Waals surface area contributed by atoms with E-state index in [1.807, 2.05) is 0 Å². The van der Waals surface area contributed by atoms with Crippen LogP contribution in [0, 0.1) is 0 Å². The quantitative estimate of drug-likeness (QED) is 0.0256. The minimum Gasteiger partial charge on any atom is -0.417 e. The normalized spacial score (nSPS) is 14.8. The molecule has 0 aromatic heterocycles. The van der Waals surface area contributed by atoms with Gasteiger partial charge in [-0.15, -0.1) is 0 Å². The Labute approximate surface area is 616 Å². The largest absolute Gasteiger partial charge is 0.469 e. The average Bonchev–Trinajstić information content (AvgIpc) is 0.808. The van der Waals surface area contributed by atoms with Gasteiger partial charge in [-0.25, -0.2) is 0 Å². The molecule has 37 heteroatoms. The van der Waals surface area contributed by atoms with Crippen molar-refractivity contribution in [3.63, 3.8) is 0 Å². The summed E-state index contributed by atoms with van der Waals surface area (Å²) < 4.78 is 91.0. The standard InChI is InChI=1S/C61H156O21Si16/c1-83(2,56-35-59-96(74-86(7,8)47-26-38-62,75-87(9,10)48-27-39-63)76-88(11,12)49-28-40-64)71-95(25,72-84(3,4)57-36-60-97(77-89(13,14)50-29-41-65,78-90(15,16)51-30-42-66)79-91(17,18)52-31-43-67)73-85(5,6)58-37-61-98(80-92(19,20)53-32-44-68,81-93(21,22)54-33-45-69)82-94(23,24)55-34-46-70/h62-70H,26-61H2,1-25H3. The second-order valence-corrected chi connectivity index (χ2v) is 101. The van der Waals surface area contributed by atoms with Crippen LogP contribution in [-0.4, -0.2) is 240 Å². The molecule has 0 aliphatic carbocycles. The first-order valence-electron chi connectivity index (χ1n) is 37.5. The monoisotopic (exact) mass is 1670 g/mol. The maximum atomic E-state index is 10.1. The Hall–Kier alpha value is 2.63. The maximum absolute atomic E-state index is 10.1. The summed E-state index contributed by atoms with van der Waals surface area (Å²) in [6, 6.07) is 10.6. The highest BCUT2D eigenvalue weighted by Gasteiger charge is 2.57. The summed E-state index contributed by atoms with van der Waals surface area (Å²) >= 11 is 0. The molecule has 0 aliphatic heterocycles. The van der Waals surface area contributed by atoms with Crippen LogP contribution in [0.1, 0.15) is 77.0 Å². The third-order valence-electron chi connectivity index (χ3n) is 17.5. The average molecular weight is 1680 g/mol. The second-order valence-electron chi connectivity index (χ2n) is 35.3. The van der Waals surface area contributed by atoms with Crippen LogP contribution in [-0.2, 0) is 49.4 Å². The zero-order chi connectivity index (χ0) is 75.9. The van der Waals surface area contributed by atoms with Crippen molar-refractivity contribution in [1.82, 2.24) is 0 Å². The highest BCUT2D eigenvalue weighted by molar-refractivity contribution is 6.94. The van der Waals surface area contributed by atoms with E-state index in [4.69, 9.17) is 49.4 Å². The summed E-state index contributed by atoms with van der Waals surface area (Å²) in [6.45, 7) is 56.0. The van der Waals surface area contributed by atoms with Gasteiger partial charge in [0, 0.05) is 84.1 Å². The van der Waals surface area contributed by atoms with Gasteiger partial charge in [-0.1, -0.05) is 0 Å². The molecule has 0 unspecified atom stereocenters. The summed E-state index contributed by atoms with van der Waals surface area (Å²) in [5.41, 5.74) is 0. The predicted molar refractivity (Wildman–Crippen MR) is 443 cm³/mol. The van der Waals surface area contributed by atoms with E-state index < -0.39 is 135 Å². The molecule has 0 bridgehead atoms. The van der Waals surface area contributed by atoms with Gasteiger partial charge in [0.15, 0.2) is 99.8 Å². The van der Waals surface area contributed by atoms with Crippen LogP contribution in [0.2, 0.25) is 254 Å². The summed E-state index contributed by atoms with van der Waals surface area (Å²) in [7, 11) is -44.9. The lowest BCUT2D eigenvalue weighted by molar-refractivity contribution is 0.237. The van der Waals surface area contributed by atoms with Crippen molar-refractivity contribution in [2.75, 3.05) is 59.5 Å². The molecule has 0 aliphatic rings. The molecule has 9 N–H and O–H groups in total. The lowest BCUT2D eigenvalue weighted by Crippen LogP contribution is -2.62. The van der Waals surface area contributed by atoms with Crippen molar-refractivity contribution in [3.05, 3.63) is 0 Å². The topological polar surface area (TPSA) is 293 Å². The van der Waals surface area contributed by atoms with Crippen molar-refractivity contribution in [1.29, 1.82) is 0 Å². The zero-order valence-electron chi connectivity index (χ0n) is 67.4. The van der Waals surface area contributed by atoms with E-state index in [1.165, 1.54) is 0 Å². The summed E-state index contributed by atoms with van der Waals surface area (Å²) in [4.78, 5) is 0. The van der Waals surface area contributed by atoms with Crippen LogP contribution in [0.15, 0.2) is 0 Å². The van der Waals surface area contributed by atoms with Crippen molar-refractivity contribution < 1.29 is 95.3 Å². The van der Waals surface area contributed by atoms with Crippen LogP contribution in [0.3, 0.4) is 0 Å². The van der Waals surface area contributed by atoms with Gasteiger partial charge >= 0.3 is 35.2 Å². The fraction of sp³-hybridized carbons (Fsp3) is 1.00. The molecule has 0 spiro atoms. The van der Waals surface area contributed by atoms with Crippen molar-refractivity contribution in [2.24, 2.45) is 0 Å². The summed E-state index contributed by atoms with van der Waals surface area (Å²) in [6.07, 6.45) is 7.71. The van der Waals surface area contributed by atoms with Gasteiger partial charge in [-0.05, 0) is 307 Å². The first-order chi connectivity index (χ1) is 44.7. The minimum absolute atomic E-state index is 0.0690. The first-order valence-corrected chi connectivity index (χ1v) is 83.0. The molecule has 0 amide bonds. The number of aliphatic hydroxyl groups excluding tert-OH is 9. The molecule has 0 aromatic carbocycles. The Bertz CT molecular complexity index is 1750. The first kappa shape index (κ1) is 101. The smallest absolute Gasteiger partial charge is 0.417 e. The van der Waals surface area contributed by atoms with Gasteiger partial charge in [0.1, 0.15) is 0 Å². The number of rotatable bonds is 63. The molecule has 98 heavy (non-hydrogen) atoms. The van der Waals surface area contributed by atoms with E-state index in [1.54, 1.807) is 0 Å².